The number of amides is 2. The number of hydrogen-bond acceptors (Lipinski definition) is 10. The Morgan fingerprint density at radius 2 is 1.78 bits per heavy atom. The van der Waals surface area contributed by atoms with Crippen molar-refractivity contribution < 1.29 is 38.5 Å². The maximum atomic E-state index is 14.8. The number of aliphatic hydroxyl groups is 1. The van der Waals surface area contributed by atoms with Crippen molar-refractivity contribution in [2.24, 2.45) is 5.92 Å². The molecule has 1 aromatic heterocycles. The molecule has 54 heavy (non-hydrogen) atoms. The van der Waals surface area contributed by atoms with Gasteiger partial charge in [0.05, 0.1) is 44.2 Å². The highest BCUT2D eigenvalue weighted by molar-refractivity contribution is 6.71. The SMILES string of the molecule is COC(=O)CCCCN1C(=O)[C@]2(O[C@H](CCn3cc(C(CO)c4ccccc4)nn3)[C@@H]([Si](C)(C)O)[C@@H]2C)c2cc(NC(=O)c3ccc(OC)cc3)ccc21. The number of hydrogen-bond donors (Lipinski definition) is 3. The van der Waals surface area contributed by atoms with Crippen LogP contribution in [0.5, 0.6) is 5.75 Å². The summed E-state index contributed by atoms with van der Waals surface area (Å²) in [6, 6.07) is 21.8. The molecule has 1 fully saturated rings. The molecule has 6 rings (SSSR count). The molecule has 1 saturated heterocycles. The first-order valence-corrected chi connectivity index (χ1v) is 21.4. The summed E-state index contributed by atoms with van der Waals surface area (Å²) in [5, 5.41) is 21.9. The van der Waals surface area contributed by atoms with E-state index in [1.807, 2.05) is 68.7 Å². The number of ether oxygens (including phenoxy) is 3. The fourth-order valence-corrected chi connectivity index (χ4v) is 10.7. The molecule has 0 radical (unpaired) electrons. The predicted molar refractivity (Wildman–Crippen MR) is 205 cm³/mol. The van der Waals surface area contributed by atoms with Crippen LogP contribution in [0.4, 0.5) is 11.4 Å². The number of aryl methyl sites for hydroxylation is 1. The lowest BCUT2D eigenvalue weighted by Crippen LogP contribution is -2.46. The molecule has 3 aromatic carbocycles. The summed E-state index contributed by atoms with van der Waals surface area (Å²) < 4.78 is 18.8. The molecule has 2 amide bonds. The first-order chi connectivity index (χ1) is 25.9. The lowest BCUT2D eigenvalue weighted by Gasteiger charge is -2.32. The van der Waals surface area contributed by atoms with Crippen LogP contribution in [0.3, 0.4) is 0 Å². The van der Waals surface area contributed by atoms with E-state index in [2.05, 4.69) is 15.6 Å². The molecule has 0 saturated carbocycles. The maximum Gasteiger partial charge on any atom is 0.305 e. The number of unbranched alkanes of at least 4 members (excludes halogenated alkanes) is 1. The summed E-state index contributed by atoms with van der Waals surface area (Å²) >= 11 is 0. The van der Waals surface area contributed by atoms with Gasteiger partial charge in [0, 0.05) is 54.0 Å². The van der Waals surface area contributed by atoms with E-state index < -0.39 is 25.9 Å². The van der Waals surface area contributed by atoms with Crippen LogP contribution >= 0.6 is 0 Å². The molecule has 4 aromatic rings. The summed E-state index contributed by atoms with van der Waals surface area (Å²) in [5.74, 6) is -0.974. The van der Waals surface area contributed by atoms with Crippen LogP contribution in [-0.2, 0) is 31.2 Å². The molecular weight excluding hydrogens is 707 g/mol. The summed E-state index contributed by atoms with van der Waals surface area (Å²) in [5.41, 5.74) is 2.05. The number of carbonyl (C=O) groups excluding carboxylic acids is 3. The summed E-state index contributed by atoms with van der Waals surface area (Å²) in [6.45, 7) is 6.36. The molecule has 13 nitrogen and oxygen atoms in total. The maximum absolute atomic E-state index is 14.8. The Morgan fingerprint density at radius 1 is 1.04 bits per heavy atom. The summed E-state index contributed by atoms with van der Waals surface area (Å²) in [7, 11) is -0.0472. The zero-order valence-electron chi connectivity index (χ0n) is 31.4. The van der Waals surface area contributed by atoms with Crippen LogP contribution in [0, 0.1) is 5.92 Å². The van der Waals surface area contributed by atoms with Gasteiger partial charge in [-0.05, 0) is 80.4 Å². The molecule has 0 aliphatic carbocycles. The Bertz CT molecular complexity index is 1950. The van der Waals surface area contributed by atoms with Gasteiger partial charge in [-0.2, -0.15) is 0 Å². The van der Waals surface area contributed by atoms with Crippen molar-refractivity contribution in [1.82, 2.24) is 15.0 Å². The Hall–Kier alpha value is -4.89. The van der Waals surface area contributed by atoms with Crippen LogP contribution in [0.2, 0.25) is 18.6 Å². The number of nitrogens with zero attached hydrogens (tertiary/aromatic N) is 4. The number of fused-ring (bicyclic) bond motifs is 2. The van der Waals surface area contributed by atoms with Gasteiger partial charge in [0.15, 0.2) is 13.9 Å². The average molecular weight is 756 g/mol. The van der Waals surface area contributed by atoms with Gasteiger partial charge in [-0.15, -0.1) is 5.10 Å². The molecule has 1 spiro atoms. The molecule has 3 N–H and O–H groups in total. The number of esters is 1. The van der Waals surface area contributed by atoms with Gasteiger partial charge in [0.1, 0.15) is 5.75 Å². The van der Waals surface area contributed by atoms with Crippen LogP contribution in [-0.4, -0.2) is 84.5 Å². The molecule has 5 atom stereocenters. The second-order valence-corrected chi connectivity index (χ2v) is 18.6. The molecule has 2 aliphatic heterocycles. The fourth-order valence-electron chi connectivity index (χ4n) is 8.13. The number of carbonyl (C=O) groups is 3. The van der Waals surface area contributed by atoms with Crippen molar-refractivity contribution in [2.75, 3.05) is 37.6 Å². The summed E-state index contributed by atoms with van der Waals surface area (Å²) in [6.07, 6.45) is 3.09. The Morgan fingerprint density at radius 3 is 2.44 bits per heavy atom. The zero-order chi connectivity index (χ0) is 38.6. The van der Waals surface area contributed by atoms with Crippen LogP contribution in [0.15, 0.2) is 79.0 Å². The van der Waals surface area contributed by atoms with Gasteiger partial charge >= 0.3 is 5.97 Å². The minimum Gasteiger partial charge on any atom is -0.497 e. The minimum atomic E-state index is -2.96. The number of aromatic nitrogens is 3. The van der Waals surface area contributed by atoms with E-state index in [0.29, 0.717) is 66.3 Å². The van der Waals surface area contributed by atoms with E-state index in [0.717, 1.165) is 5.56 Å². The van der Waals surface area contributed by atoms with Crippen LogP contribution in [0.25, 0.3) is 0 Å². The third kappa shape index (κ3) is 7.69. The summed E-state index contributed by atoms with van der Waals surface area (Å²) in [4.78, 5) is 53.5. The van der Waals surface area contributed by atoms with Gasteiger partial charge in [0.2, 0.25) is 0 Å². The monoisotopic (exact) mass is 755 g/mol. The molecule has 14 heteroatoms. The van der Waals surface area contributed by atoms with Crippen molar-refractivity contribution in [3.63, 3.8) is 0 Å². The Balaban J connectivity index is 1.30. The van der Waals surface area contributed by atoms with Crippen LogP contribution in [0.1, 0.15) is 65.7 Å². The Kier molecular flexibility index (Phi) is 11.7. The number of nitrogens with one attached hydrogen (secondary N) is 1. The average Bonchev–Trinajstić information content (AvgIpc) is 3.82. The lowest BCUT2D eigenvalue weighted by atomic mass is 9.82. The van der Waals surface area contributed by atoms with E-state index in [-0.39, 0.29) is 42.3 Å². The quantitative estimate of drug-likeness (QED) is 0.0830. The largest absolute Gasteiger partial charge is 0.497 e. The van der Waals surface area contributed by atoms with Crippen molar-refractivity contribution in [3.05, 3.63) is 101 Å². The van der Waals surface area contributed by atoms with E-state index in [9.17, 15) is 24.3 Å². The lowest BCUT2D eigenvalue weighted by molar-refractivity contribution is -0.146. The molecule has 286 valence electrons. The topological polar surface area (TPSA) is 165 Å². The number of benzene rings is 3. The number of anilines is 2. The van der Waals surface area contributed by atoms with Gasteiger partial charge in [-0.3, -0.25) is 19.1 Å². The molecule has 3 heterocycles. The number of methoxy groups -OCH3 is 2. The molecule has 2 aliphatic rings. The fraction of sp³-hybridized carbons (Fsp3) is 0.425. The normalized spacial score (nSPS) is 21.3. The Labute approximate surface area is 316 Å². The van der Waals surface area contributed by atoms with E-state index in [1.54, 1.807) is 47.0 Å². The predicted octanol–water partition coefficient (Wildman–Crippen LogP) is 5.24. The molecule has 0 bridgehead atoms. The van der Waals surface area contributed by atoms with Crippen molar-refractivity contribution >= 4 is 37.5 Å². The standard InChI is InChI=1S/C40H49N5O8Si/c1-26-37(54(4,5)50)35(20-22-44-24-33(42-43-44)31(25-46)27-11-7-6-8-12-27)53-40(26)32-23-29(41-38(48)28-14-17-30(51-2)18-15-28)16-19-34(32)45(39(40)49)21-10-9-13-36(47)52-3/h6-8,11-12,14-19,23-24,26,31,35,37,46,50H,9-10,13,20-22,25H2,1-5H3,(H,41,48)/t26-,31?,35+,37-,40+/m0/s1. The first kappa shape index (κ1) is 38.8. The second kappa shape index (κ2) is 16.2. The number of aliphatic hydroxyl groups excluding tert-OH is 1. The highest BCUT2D eigenvalue weighted by Crippen LogP contribution is 2.60. The molecular formula is C40H49N5O8Si. The van der Waals surface area contributed by atoms with Gasteiger partial charge in [-0.25, -0.2) is 0 Å². The minimum absolute atomic E-state index is 0.121. The first-order valence-electron chi connectivity index (χ1n) is 18.4. The van der Waals surface area contributed by atoms with Crippen molar-refractivity contribution in [1.29, 1.82) is 0 Å². The van der Waals surface area contributed by atoms with Gasteiger partial charge in [-0.1, -0.05) is 42.5 Å². The van der Waals surface area contributed by atoms with E-state index in [4.69, 9.17) is 14.2 Å². The van der Waals surface area contributed by atoms with Gasteiger partial charge < -0.3 is 34.3 Å². The van der Waals surface area contributed by atoms with Gasteiger partial charge in [0.25, 0.3) is 11.8 Å². The highest BCUT2D eigenvalue weighted by atomic mass is 28.4. The third-order valence-electron chi connectivity index (χ3n) is 10.8. The zero-order valence-corrected chi connectivity index (χ0v) is 32.4. The molecule has 1 unspecified atom stereocenters. The van der Waals surface area contributed by atoms with E-state index >= 15 is 0 Å². The third-order valence-corrected chi connectivity index (χ3v) is 13.3. The smallest absolute Gasteiger partial charge is 0.305 e. The van der Waals surface area contributed by atoms with Crippen LogP contribution < -0.4 is 15.0 Å². The highest BCUT2D eigenvalue weighted by Gasteiger charge is 2.66. The van der Waals surface area contributed by atoms with Crippen molar-refractivity contribution in [2.45, 2.75) is 75.4 Å². The second-order valence-electron chi connectivity index (χ2n) is 14.6. The van der Waals surface area contributed by atoms with Crippen molar-refractivity contribution in [3.8, 4) is 5.75 Å². The van der Waals surface area contributed by atoms with E-state index in [1.165, 1.54) is 7.11 Å². The number of rotatable bonds is 15.